The van der Waals surface area contributed by atoms with Crippen LogP contribution in [0.3, 0.4) is 0 Å². The first kappa shape index (κ1) is 14.9. The van der Waals surface area contributed by atoms with E-state index >= 15 is 0 Å². The molecule has 1 unspecified atom stereocenters. The van der Waals surface area contributed by atoms with Gasteiger partial charge in [-0.3, -0.25) is 0 Å². The molecule has 1 fully saturated rings. The van der Waals surface area contributed by atoms with E-state index in [0.717, 1.165) is 25.3 Å². The summed E-state index contributed by atoms with van der Waals surface area (Å²) in [6.45, 7) is 5.84. The molecule has 1 atom stereocenters. The molecule has 0 amide bonds. The van der Waals surface area contributed by atoms with Crippen molar-refractivity contribution in [3.05, 3.63) is 29.3 Å². The normalized spacial score (nSPS) is 23.7. The van der Waals surface area contributed by atoms with Crippen LogP contribution >= 0.6 is 0 Å². The number of benzene rings is 1. The number of fused-ring (bicyclic) bond motifs is 1. The topological polar surface area (TPSA) is 32.3 Å². The van der Waals surface area contributed by atoms with Gasteiger partial charge in [0.25, 0.3) is 0 Å². The lowest BCUT2D eigenvalue weighted by Crippen LogP contribution is -2.35. The van der Waals surface area contributed by atoms with Gasteiger partial charge < -0.3 is 10.4 Å². The molecule has 0 saturated heterocycles. The van der Waals surface area contributed by atoms with Crippen LogP contribution < -0.4 is 5.32 Å². The fraction of sp³-hybridized carbons (Fsp3) is 0.684. The average molecular weight is 287 g/mol. The van der Waals surface area contributed by atoms with Crippen LogP contribution in [0.1, 0.15) is 69.5 Å². The Kier molecular flexibility index (Phi) is 4.26. The van der Waals surface area contributed by atoms with Crippen molar-refractivity contribution in [1.82, 2.24) is 5.32 Å². The van der Waals surface area contributed by atoms with Gasteiger partial charge in [-0.25, -0.2) is 0 Å². The molecule has 1 saturated carbocycles. The molecule has 116 valence electrons. The van der Waals surface area contributed by atoms with E-state index in [4.69, 9.17) is 0 Å². The molecule has 0 aromatic heterocycles. The van der Waals surface area contributed by atoms with Crippen LogP contribution in [0.15, 0.2) is 18.2 Å². The van der Waals surface area contributed by atoms with E-state index < -0.39 is 0 Å². The zero-order valence-corrected chi connectivity index (χ0v) is 13.5. The molecule has 3 rings (SSSR count). The highest BCUT2D eigenvalue weighted by Gasteiger charge is 2.35. The van der Waals surface area contributed by atoms with Gasteiger partial charge in [-0.2, -0.15) is 0 Å². The van der Waals surface area contributed by atoms with Gasteiger partial charge in [-0.15, -0.1) is 0 Å². The number of rotatable bonds is 5. The van der Waals surface area contributed by atoms with E-state index in [1.165, 1.54) is 43.2 Å². The van der Waals surface area contributed by atoms with Crippen molar-refractivity contribution in [3.8, 4) is 5.75 Å². The summed E-state index contributed by atoms with van der Waals surface area (Å²) in [4.78, 5) is 0. The third kappa shape index (κ3) is 3.11. The molecule has 2 aliphatic rings. The van der Waals surface area contributed by atoms with Crippen LogP contribution in [0, 0.1) is 11.3 Å². The lowest BCUT2D eigenvalue weighted by atomic mass is 9.78. The minimum absolute atomic E-state index is 0.441. The lowest BCUT2D eigenvalue weighted by Gasteiger charge is -2.33. The van der Waals surface area contributed by atoms with Crippen molar-refractivity contribution in [1.29, 1.82) is 0 Å². The number of hydrogen-bond donors (Lipinski definition) is 2. The number of nitrogens with one attached hydrogen (secondary N) is 1. The second-order valence-corrected chi connectivity index (χ2v) is 7.62. The SMILES string of the molecule is CC(C)CC1(CNC2CCc3c(O)cccc32)CCCC1. The summed E-state index contributed by atoms with van der Waals surface area (Å²) in [5, 5.41) is 13.8. The molecular weight excluding hydrogens is 258 g/mol. The van der Waals surface area contributed by atoms with Gasteiger partial charge in [0, 0.05) is 12.6 Å². The molecule has 0 spiro atoms. The molecule has 0 radical (unpaired) electrons. The number of aromatic hydroxyl groups is 1. The van der Waals surface area contributed by atoms with Gasteiger partial charge >= 0.3 is 0 Å². The van der Waals surface area contributed by atoms with Crippen molar-refractivity contribution in [2.75, 3.05) is 6.54 Å². The second-order valence-electron chi connectivity index (χ2n) is 7.62. The maximum Gasteiger partial charge on any atom is 0.119 e. The molecule has 2 N–H and O–H groups in total. The fourth-order valence-corrected chi connectivity index (χ4v) is 4.63. The van der Waals surface area contributed by atoms with Crippen molar-refractivity contribution in [2.24, 2.45) is 11.3 Å². The predicted molar refractivity (Wildman–Crippen MR) is 87.5 cm³/mol. The van der Waals surface area contributed by atoms with Crippen LogP contribution in [0.4, 0.5) is 0 Å². The van der Waals surface area contributed by atoms with Crippen LogP contribution in [0.2, 0.25) is 0 Å². The summed E-state index contributed by atoms with van der Waals surface area (Å²) in [5.41, 5.74) is 3.01. The quantitative estimate of drug-likeness (QED) is 0.831. The molecule has 1 aromatic rings. The first-order valence-corrected chi connectivity index (χ1v) is 8.64. The van der Waals surface area contributed by atoms with Crippen LogP contribution in [-0.2, 0) is 6.42 Å². The summed E-state index contributed by atoms with van der Waals surface area (Å²) < 4.78 is 0. The molecule has 21 heavy (non-hydrogen) atoms. The van der Waals surface area contributed by atoms with Crippen molar-refractivity contribution < 1.29 is 5.11 Å². The summed E-state index contributed by atoms with van der Waals surface area (Å²) in [6.07, 6.45) is 9.06. The Morgan fingerprint density at radius 1 is 1.29 bits per heavy atom. The zero-order valence-electron chi connectivity index (χ0n) is 13.5. The first-order valence-electron chi connectivity index (χ1n) is 8.64. The van der Waals surface area contributed by atoms with Gasteiger partial charge in [-0.1, -0.05) is 38.8 Å². The third-order valence-corrected chi connectivity index (χ3v) is 5.47. The highest BCUT2D eigenvalue weighted by atomic mass is 16.3. The van der Waals surface area contributed by atoms with Crippen LogP contribution in [0.5, 0.6) is 5.75 Å². The van der Waals surface area contributed by atoms with Gasteiger partial charge in [0.15, 0.2) is 0 Å². The van der Waals surface area contributed by atoms with Gasteiger partial charge in [0.1, 0.15) is 5.75 Å². The Morgan fingerprint density at radius 3 is 2.76 bits per heavy atom. The monoisotopic (exact) mass is 287 g/mol. The summed E-state index contributed by atoms with van der Waals surface area (Å²) in [5.74, 6) is 1.26. The van der Waals surface area contributed by atoms with E-state index in [9.17, 15) is 5.11 Å². The Hall–Kier alpha value is -1.02. The molecule has 0 aliphatic heterocycles. The summed E-state index contributed by atoms with van der Waals surface area (Å²) in [7, 11) is 0. The summed E-state index contributed by atoms with van der Waals surface area (Å²) >= 11 is 0. The molecule has 2 aliphatic carbocycles. The molecule has 2 nitrogen and oxygen atoms in total. The van der Waals surface area contributed by atoms with Gasteiger partial charge in [0.2, 0.25) is 0 Å². The van der Waals surface area contributed by atoms with Crippen molar-refractivity contribution >= 4 is 0 Å². The predicted octanol–water partition coefficient (Wildman–Crippen LogP) is 4.58. The first-order chi connectivity index (χ1) is 10.1. The smallest absolute Gasteiger partial charge is 0.119 e. The van der Waals surface area contributed by atoms with Crippen LogP contribution in [-0.4, -0.2) is 11.7 Å². The highest BCUT2D eigenvalue weighted by Crippen LogP contribution is 2.44. The molecule has 0 heterocycles. The number of phenols is 1. The zero-order chi connectivity index (χ0) is 14.9. The highest BCUT2D eigenvalue weighted by molar-refractivity contribution is 5.44. The molecule has 1 aromatic carbocycles. The fourth-order valence-electron chi connectivity index (χ4n) is 4.63. The Balaban J connectivity index is 1.67. The molecule has 2 heteroatoms. The average Bonchev–Trinajstić information content (AvgIpc) is 3.04. The largest absolute Gasteiger partial charge is 0.508 e. The third-order valence-electron chi connectivity index (χ3n) is 5.47. The number of hydrogen-bond acceptors (Lipinski definition) is 2. The second kappa shape index (κ2) is 6.00. The Labute approximate surface area is 129 Å². The number of phenolic OH excluding ortho intramolecular Hbond substituents is 1. The minimum Gasteiger partial charge on any atom is -0.508 e. The van der Waals surface area contributed by atoms with Gasteiger partial charge in [0.05, 0.1) is 0 Å². The molecular formula is C19H29NO. The van der Waals surface area contributed by atoms with Crippen LogP contribution in [0.25, 0.3) is 0 Å². The minimum atomic E-state index is 0.441. The van der Waals surface area contributed by atoms with Gasteiger partial charge in [-0.05, 0) is 60.6 Å². The van der Waals surface area contributed by atoms with E-state index in [1.807, 2.05) is 12.1 Å². The maximum atomic E-state index is 9.97. The van der Waals surface area contributed by atoms with Crippen molar-refractivity contribution in [2.45, 2.75) is 64.8 Å². The summed E-state index contributed by atoms with van der Waals surface area (Å²) in [6, 6.07) is 6.42. The standard InChI is InChI=1S/C19H29NO/c1-14(2)12-19(10-3-4-11-19)13-20-17-9-8-16-15(17)6-5-7-18(16)21/h5-7,14,17,20-21H,3-4,8-13H2,1-2H3. The van der Waals surface area contributed by atoms with E-state index in [2.05, 4.69) is 25.2 Å². The Bertz CT molecular complexity index is 488. The Morgan fingerprint density at radius 2 is 2.05 bits per heavy atom. The van der Waals surface area contributed by atoms with Crippen molar-refractivity contribution in [3.63, 3.8) is 0 Å². The maximum absolute atomic E-state index is 9.97. The van der Waals surface area contributed by atoms with E-state index in [0.29, 0.717) is 17.2 Å². The van der Waals surface area contributed by atoms with E-state index in [-0.39, 0.29) is 0 Å². The molecule has 0 bridgehead atoms. The van der Waals surface area contributed by atoms with E-state index in [1.54, 1.807) is 0 Å². The lowest BCUT2D eigenvalue weighted by molar-refractivity contribution is 0.215.